The Balaban J connectivity index is 1.96. The first-order chi connectivity index (χ1) is 12.5. The molecule has 1 saturated carbocycles. The molecular formula is C17H21N3O6. The van der Waals surface area contributed by atoms with Gasteiger partial charge in [-0.1, -0.05) is 0 Å². The Morgan fingerprint density at radius 1 is 0.923 bits per heavy atom. The summed E-state index contributed by atoms with van der Waals surface area (Å²) >= 11 is 0. The van der Waals surface area contributed by atoms with E-state index in [4.69, 9.17) is 14.2 Å². The van der Waals surface area contributed by atoms with Gasteiger partial charge in [0.15, 0.2) is 11.5 Å². The van der Waals surface area contributed by atoms with E-state index in [1.54, 1.807) is 12.1 Å². The third kappa shape index (κ3) is 5.13. The molecule has 0 radical (unpaired) electrons. The highest BCUT2D eigenvalue weighted by molar-refractivity contribution is 6.35. The molecule has 26 heavy (non-hydrogen) atoms. The van der Waals surface area contributed by atoms with Gasteiger partial charge < -0.3 is 19.5 Å². The summed E-state index contributed by atoms with van der Waals surface area (Å²) in [7, 11) is 4.48. The first-order valence-corrected chi connectivity index (χ1v) is 7.87. The smallest absolute Gasteiger partial charge is 0.327 e. The summed E-state index contributed by atoms with van der Waals surface area (Å²) in [4.78, 5) is 34.8. The van der Waals surface area contributed by atoms with E-state index in [0.717, 1.165) is 12.8 Å². The van der Waals surface area contributed by atoms with Crippen LogP contribution in [0.4, 0.5) is 0 Å². The molecular weight excluding hydrogens is 342 g/mol. The Kier molecular flexibility index (Phi) is 6.42. The van der Waals surface area contributed by atoms with E-state index in [1.807, 2.05) is 5.43 Å². The number of rotatable bonds is 6. The summed E-state index contributed by atoms with van der Waals surface area (Å²) in [6.07, 6.45) is 4.39. The van der Waals surface area contributed by atoms with Gasteiger partial charge in [0, 0.05) is 23.7 Å². The number of nitrogens with one attached hydrogen (secondary N) is 3. The Hall–Kier alpha value is -3.23. The molecule has 0 atom stereocenters. The van der Waals surface area contributed by atoms with Gasteiger partial charge in [0.1, 0.15) is 5.75 Å². The summed E-state index contributed by atoms with van der Waals surface area (Å²) in [5.41, 5.74) is 4.74. The van der Waals surface area contributed by atoms with Crippen molar-refractivity contribution in [2.24, 2.45) is 0 Å². The molecule has 0 aliphatic heterocycles. The highest BCUT2D eigenvalue weighted by Gasteiger charge is 2.26. The molecule has 0 aromatic heterocycles. The van der Waals surface area contributed by atoms with E-state index in [9.17, 15) is 14.4 Å². The van der Waals surface area contributed by atoms with Crippen molar-refractivity contribution in [2.45, 2.75) is 18.9 Å². The number of ether oxygens (including phenoxy) is 3. The van der Waals surface area contributed by atoms with Crippen LogP contribution in [0.25, 0.3) is 6.08 Å². The number of hydrogen-bond donors (Lipinski definition) is 3. The molecule has 1 aromatic rings. The van der Waals surface area contributed by atoms with Crippen LogP contribution in [0, 0.1) is 0 Å². The number of hydrazine groups is 1. The molecule has 0 bridgehead atoms. The molecule has 0 saturated heterocycles. The fourth-order valence-corrected chi connectivity index (χ4v) is 2.04. The van der Waals surface area contributed by atoms with E-state index in [1.165, 1.54) is 33.5 Å². The minimum Gasteiger partial charge on any atom is -0.496 e. The number of benzene rings is 1. The number of amides is 3. The highest BCUT2D eigenvalue weighted by atomic mass is 16.5. The fraction of sp³-hybridized carbons (Fsp3) is 0.353. The molecule has 1 fully saturated rings. The molecule has 9 heteroatoms. The molecule has 140 valence electrons. The summed E-state index contributed by atoms with van der Waals surface area (Å²) in [5.74, 6) is -0.895. The van der Waals surface area contributed by atoms with Gasteiger partial charge in [-0.2, -0.15) is 0 Å². The lowest BCUT2D eigenvalue weighted by atomic mass is 10.1. The van der Waals surface area contributed by atoms with Gasteiger partial charge in [-0.05, 0) is 25.0 Å². The Labute approximate surface area is 150 Å². The summed E-state index contributed by atoms with van der Waals surface area (Å²) < 4.78 is 15.6. The van der Waals surface area contributed by atoms with Crippen molar-refractivity contribution in [1.82, 2.24) is 16.2 Å². The highest BCUT2D eigenvalue weighted by Crippen LogP contribution is 2.35. The van der Waals surface area contributed by atoms with Crippen LogP contribution in [0.5, 0.6) is 17.2 Å². The van der Waals surface area contributed by atoms with Crippen LogP contribution in [-0.2, 0) is 14.4 Å². The third-order valence-corrected chi connectivity index (χ3v) is 3.57. The molecule has 0 unspecified atom stereocenters. The Bertz CT molecular complexity index is 727. The van der Waals surface area contributed by atoms with Gasteiger partial charge in [-0.15, -0.1) is 0 Å². The average molecular weight is 363 g/mol. The standard InChI is InChI=1S/C17H21N3O6/c1-24-12-9-14(26-3)13(25-2)8-10(12)4-7-15(21)19-20-17(23)16(22)18-11-5-6-11/h4,7-9,11H,5-6H2,1-3H3,(H,18,22)(H,19,21)(H,20,23)/b7-4+. The Morgan fingerprint density at radius 3 is 2.12 bits per heavy atom. The molecule has 9 nitrogen and oxygen atoms in total. The maximum Gasteiger partial charge on any atom is 0.327 e. The second-order valence-electron chi connectivity index (χ2n) is 5.47. The minimum absolute atomic E-state index is 0.0568. The van der Waals surface area contributed by atoms with E-state index in [-0.39, 0.29) is 6.04 Å². The lowest BCUT2D eigenvalue weighted by Gasteiger charge is -2.12. The number of carbonyl (C=O) groups is 3. The van der Waals surface area contributed by atoms with Gasteiger partial charge in [0.25, 0.3) is 5.91 Å². The van der Waals surface area contributed by atoms with Crippen molar-refractivity contribution < 1.29 is 28.6 Å². The second kappa shape index (κ2) is 8.75. The summed E-state index contributed by atoms with van der Waals surface area (Å²) in [5, 5.41) is 2.51. The largest absolute Gasteiger partial charge is 0.496 e. The average Bonchev–Trinajstić information content (AvgIpc) is 3.47. The predicted octanol–water partition coefficient (Wildman–Crippen LogP) is 0.152. The molecule has 0 spiro atoms. The van der Waals surface area contributed by atoms with Crippen LogP contribution >= 0.6 is 0 Å². The van der Waals surface area contributed by atoms with Crippen molar-refractivity contribution in [1.29, 1.82) is 0 Å². The van der Waals surface area contributed by atoms with Crippen LogP contribution < -0.4 is 30.4 Å². The van der Waals surface area contributed by atoms with Crippen molar-refractivity contribution in [2.75, 3.05) is 21.3 Å². The summed E-state index contributed by atoms with van der Waals surface area (Å²) in [6.45, 7) is 0. The maximum absolute atomic E-state index is 11.8. The molecule has 1 aromatic carbocycles. The lowest BCUT2D eigenvalue weighted by molar-refractivity contribution is -0.140. The minimum atomic E-state index is -0.928. The van der Waals surface area contributed by atoms with Crippen LogP contribution in [0.2, 0.25) is 0 Å². The van der Waals surface area contributed by atoms with Gasteiger partial charge in [-0.3, -0.25) is 25.2 Å². The van der Waals surface area contributed by atoms with Gasteiger partial charge in [0.2, 0.25) is 0 Å². The Morgan fingerprint density at radius 2 is 1.54 bits per heavy atom. The number of hydrogen-bond acceptors (Lipinski definition) is 6. The summed E-state index contributed by atoms with van der Waals surface area (Å²) in [6, 6.07) is 3.32. The second-order valence-corrected chi connectivity index (χ2v) is 5.47. The number of methoxy groups -OCH3 is 3. The molecule has 2 rings (SSSR count). The normalized spacial score (nSPS) is 13.0. The van der Waals surface area contributed by atoms with Crippen molar-refractivity contribution in [3.63, 3.8) is 0 Å². The first kappa shape index (κ1) is 19.1. The molecule has 1 aliphatic rings. The van der Waals surface area contributed by atoms with Gasteiger partial charge in [0.05, 0.1) is 21.3 Å². The van der Waals surface area contributed by atoms with Crippen molar-refractivity contribution in [3.05, 3.63) is 23.8 Å². The zero-order chi connectivity index (χ0) is 19.1. The SMILES string of the molecule is COc1cc(OC)c(OC)cc1/C=C/C(=O)NNC(=O)C(=O)NC1CC1. The fourth-order valence-electron chi connectivity index (χ4n) is 2.04. The van der Waals surface area contributed by atoms with Crippen LogP contribution in [0.15, 0.2) is 18.2 Å². The van der Waals surface area contributed by atoms with Gasteiger partial charge >= 0.3 is 11.8 Å². The van der Waals surface area contributed by atoms with E-state index in [2.05, 4.69) is 10.7 Å². The third-order valence-electron chi connectivity index (χ3n) is 3.57. The zero-order valence-corrected chi connectivity index (χ0v) is 14.8. The molecule has 1 aliphatic carbocycles. The van der Waals surface area contributed by atoms with Crippen LogP contribution in [0.3, 0.4) is 0 Å². The van der Waals surface area contributed by atoms with Gasteiger partial charge in [-0.25, -0.2) is 0 Å². The molecule has 0 heterocycles. The van der Waals surface area contributed by atoms with Crippen LogP contribution in [0.1, 0.15) is 18.4 Å². The maximum atomic E-state index is 11.8. The number of carbonyl (C=O) groups excluding carboxylic acids is 3. The van der Waals surface area contributed by atoms with Crippen molar-refractivity contribution in [3.8, 4) is 17.2 Å². The van der Waals surface area contributed by atoms with Crippen molar-refractivity contribution >= 4 is 23.8 Å². The topological polar surface area (TPSA) is 115 Å². The van der Waals surface area contributed by atoms with E-state index >= 15 is 0 Å². The lowest BCUT2D eigenvalue weighted by Crippen LogP contribution is -2.48. The van der Waals surface area contributed by atoms with Crippen LogP contribution in [-0.4, -0.2) is 45.1 Å². The molecule has 3 N–H and O–H groups in total. The zero-order valence-electron chi connectivity index (χ0n) is 14.8. The van der Waals surface area contributed by atoms with E-state index < -0.39 is 17.7 Å². The van der Waals surface area contributed by atoms with E-state index in [0.29, 0.717) is 22.8 Å². The monoisotopic (exact) mass is 363 g/mol. The predicted molar refractivity (Wildman–Crippen MR) is 92.6 cm³/mol. The molecule has 3 amide bonds. The first-order valence-electron chi connectivity index (χ1n) is 7.87. The quantitative estimate of drug-likeness (QED) is 0.377.